The van der Waals surface area contributed by atoms with Crippen LogP contribution in [0.4, 0.5) is 17.1 Å². The molecule has 3 N–H and O–H groups in total. The molecule has 5 rings (SSSR count). The number of nitrogens with zero attached hydrogens (tertiary/aromatic N) is 2. The minimum atomic E-state index is -0.317. The third kappa shape index (κ3) is 5.74. The first-order valence-electron chi connectivity index (χ1n) is 11.9. The Hall–Kier alpha value is -4.76. The SMILES string of the molecule is O=C(Nc1ccc(C(=O)c2ccc(NC(=O)c3cnc[nH]3)cc2)cc1)c1ccc(N2CCOCC2)cc1. The highest BCUT2D eigenvalue weighted by molar-refractivity contribution is 6.10. The number of anilines is 3. The summed E-state index contributed by atoms with van der Waals surface area (Å²) in [7, 11) is 0. The molecule has 37 heavy (non-hydrogen) atoms. The highest BCUT2D eigenvalue weighted by Gasteiger charge is 2.14. The highest BCUT2D eigenvalue weighted by atomic mass is 16.5. The smallest absolute Gasteiger partial charge is 0.273 e. The molecule has 4 aromatic rings. The molecule has 9 nitrogen and oxygen atoms in total. The number of nitrogens with one attached hydrogen (secondary N) is 3. The lowest BCUT2D eigenvalue weighted by Crippen LogP contribution is -2.36. The van der Waals surface area contributed by atoms with Gasteiger partial charge in [-0.1, -0.05) is 0 Å². The topological polar surface area (TPSA) is 116 Å². The number of carbonyl (C=O) groups excluding carboxylic acids is 3. The van der Waals surface area contributed by atoms with Crippen molar-refractivity contribution in [3.63, 3.8) is 0 Å². The summed E-state index contributed by atoms with van der Waals surface area (Å²) in [4.78, 5) is 46.5. The number of amides is 2. The zero-order valence-corrected chi connectivity index (χ0v) is 19.9. The number of rotatable bonds is 7. The number of benzene rings is 3. The fraction of sp³-hybridized carbons (Fsp3) is 0.143. The molecule has 1 aliphatic heterocycles. The second-order valence-electron chi connectivity index (χ2n) is 8.50. The quantitative estimate of drug-likeness (QED) is 0.334. The third-order valence-electron chi connectivity index (χ3n) is 6.06. The lowest BCUT2D eigenvalue weighted by atomic mass is 10.0. The number of hydrogen-bond donors (Lipinski definition) is 3. The molecule has 0 radical (unpaired) electrons. The number of aromatic amines is 1. The Morgan fingerprint density at radius 2 is 1.27 bits per heavy atom. The molecular formula is C28H25N5O4. The first-order valence-corrected chi connectivity index (χ1v) is 11.9. The largest absolute Gasteiger partial charge is 0.378 e. The van der Waals surface area contributed by atoms with Gasteiger partial charge in [-0.15, -0.1) is 0 Å². The van der Waals surface area contributed by atoms with Crippen LogP contribution in [0.1, 0.15) is 36.8 Å². The van der Waals surface area contributed by atoms with E-state index < -0.39 is 0 Å². The lowest BCUT2D eigenvalue weighted by molar-refractivity contribution is 0.101. The van der Waals surface area contributed by atoms with Gasteiger partial charge in [-0.2, -0.15) is 0 Å². The molecule has 186 valence electrons. The number of imidazole rings is 1. The second kappa shape index (κ2) is 10.9. The molecule has 1 aliphatic rings. The van der Waals surface area contributed by atoms with Crippen LogP contribution in [0, 0.1) is 0 Å². The van der Waals surface area contributed by atoms with Gasteiger partial charge in [-0.3, -0.25) is 14.4 Å². The number of hydrogen-bond acceptors (Lipinski definition) is 6. The fourth-order valence-electron chi connectivity index (χ4n) is 4.00. The Bertz CT molecular complexity index is 1380. The second-order valence-corrected chi connectivity index (χ2v) is 8.50. The summed E-state index contributed by atoms with van der Waals surface area (Å²) in [6.07, 6.45) is 2.86. The van der Waals surface area contributed by atoms with Crippen LogP contribution >= 0.6 is 0 Å². The van der Waals surface area contributed by atoms with Crippen molar-refractivity contribution in [2.45, 2.75) is 0 Å². The van der Waals surface area contributed by atoms with Crippen LogP contribution in [0.15, 0.2) is 85.3 Å². The molecule has 1 saturated heterocycles. The predicted molar refractivity (Wildman–Crippen MR) is 140 cm³/mol. The van der Waals surface area contributed by atoms with E-state index in [0.717, 1.165) is 18.8 Å². The molecule has 1 fully saturated rings. The number of morpholine rings is 1. The van der Waals surface area contributed by atoms with E-state index in [1.165, 1.54) is 12.5 Å². The molecule has 0 saturated carbocycles. The van der Waals surface area contributed by atoms with Gasteiger partial charge in [0.15, 0.2) is 5.78 Å². The van der Waals surface area contributed by atoms with Gasteiger partial charge in [-0.25, -0.2) is 4.98 Å². The van der Waals surface area contributed by atoms with Crippen LogP contribution in [-0.4, -0.2) is 53.9 Å². The van der Waals surface area contributed by atoms with Crippen molar-refractivity contribution in [1.29, 1.82) is 0 Å². The molecule has 9 heteroatoms. The highest BCUT2D eigenvalue weighted by Crippen LogP contribution is 2.19. The Kier molecular flexibility index (Phi) is 7.05. The van der Waals surface area contributed by atoms with E-state index in [4.69, 9.17) is 4.74 Å². The number of H-pyrrole nitrogens is 1. The van der Waals surface area contributed by atoms with Crippen LogP contribution in [0.5, 0.6) is 0 Å². The van der Waals surface area contributed by atoms with Crippen molar-refractivity contribution in [3.05, 3.63) is 108 Å². The molecule has 1 aromatic heterocycles. The van der Waals surface area contributed by atoms with Crippen LogP contribution < -0.4 is 15.5 Å². The van der Waals surface area contributed by atoms with Crippen molar-refractivity contribution < 1.29 is 19.1 Å². The van der Waals surface area contributed by atoms with Crippen molar-refractivity contribution in [1.82, 2.24) is 9.97 Å². The summed E-state index contributed by atoms with van der Waals surface area (Å²) in [5.74, 6) is -0.703. The predicted octanol–water partition coefficient (Wildman–Crippen LogP) is 3.98. The number of ether oxygens (including phenoxy) is 1. The standard InChI is InChI=1S/C28H25N5O4/c34-26(20-3-9-23(10-4-20)32-28(36)25-17-29-18-30-25)19-1-7-22(8-2-19)31-27(35)21-5-11-24(12-6-21)33-13-15-37-16-14-33/h1-12,17-18H,13-16H2,(H,29,30)(H,31,35)(H,32,36). The molecule has 2 heterocycles. The molecule has 3 aromatic carbocycles. The Morgan fingerprint density at radius 3 is 1.81 bits per heavy atom. The van der Waals surface area contributed by atoms with Gasteiger partial charge >= 0.3 is 0 Å². The Morgan fingerprint density at radius 1 is 0.730 bits per heavy atom. The lowest BCUT2D eigenvalue weighted by Gasteiger charge is -2.28. The zero-order valence-electron chi connectivity index (χ0n) is 19.9. The molecule has 0 spiro atoms. The normalized spacial score (nSPS) is 13.1. The van der Waals surface area contributed by atoms with E-state index in [9.17, 15) is 14.4 Å². The third-order valence-corrected chi connectivity index (χ3v) is 6.06. The number of ketones is 1. The summed E-state index contributed by atoms with van der Waals surface area (Å²) in [6.45, 7) is 3.08. The minimum Gasteiger partial charge on any atom is -0.378 e. The molecule has 0 aliphatic carbocycles. The molecular weight excluding hydrogens is 470 g/mol. The van der Waals surface area contributed by atoms with E-state index in [-0.39, 0.29) is 17.6 Å². The maximum absolute atomic E-state index is 12.9. The van der Waals surface area contributed by atoms with Crippen molar-refractivity contribution in [2.24, 2.45) is 0 Å². The summed E-state index contributed by atoms with van der Waals surface area (Å²) >= 11 is 0. The van der Waals surface area contributed by atoms with Gasteiger partial charge in [0.05, 0.1) is 25.7 Å². The minimum absolute atomic E-state index is 0.164. The van der Waals surface area contributed by atoms with Gasteiger partial charge in [-0.05, 0) is 72.8 Å². The summed E-state index contributed by atoms with van der Waals surface area (Å²) in [5, 5.41) is 5.61. The molecule has 0 bridgehead atoms. The van der Waals surface area contributed by atoms with E-state index in [1.807, 2.05) is 12.1 Å². The van der Waals surface area contributed by atoms with Crippen LogP contribution in [0.3, 0.4) is 0 Å². The van der Waals surface area contributed by atoms with Gasteiger partial charge in [0.1, 0.15) is 5.69 Å². The van der Waals surface area contributed by atoms with Crippen molar-refractivity contribution >= 4 is 34.7 Å². The Balaban J connectivity index is 1.18. The van der Waals surface area contributed by atoms with Crippen LogP contribution in [0.2, 0.25) is 0 Å². The number of carbonyl (C=O) groups is 3. The first-order chi connectivity index (χ1) is 18.1. The molecule has 2 amide bonds. The maximum Gasteiger partial charge on any atom is 0.273 e. The van der Waals surface area contributed by atoms with E-state index in [0.29, 0.717) is 47.0 Å². The molecule has 0 atom stereocenters. The van der Waals surface area contributed by atoms with Gasteiger partial charge in [0, 0.05) is 46.8 Å². The average Bonchev–Trinajstić information content (AvgIpc) is 3.50. The van der Waals surface area contributed by atoms with Gasteiger partial charge in [0.25, 0.3) is 11.8 Å². The zero-order chi connectivity index (χ0) is 25.6. The Labute approximate surface area is 213 Å². The summed E-state index contributed by atoms with van der Waals surface area (Å²) in [6, 6.07) is 20.9. The fourth-order valence-corrected chi connectivity index (χ4v) is 4.00. The van der Waals surface area contributed by atoms with Crippen molar-refractivity contribution in [2.75, 3.05) is 41.8 Å². The maximum atomic E-state index is 12.9. The number of aromatic nitrogens is 2. The van der Waals surface area contributed by atoms with E-state index in [2.05, 4.69) is 25.5 Å². The monoisotopic (exact) mass is 495 g/mol. The van der Waals surface area contributed by atoms with Gasteiger partial charge < -0.3 is 25.3 Å². The van der Waals surface area contributed by atoms with Gasteiger partial charge in [0.2, 0.25) is 0 Å². The van der Waals surface area contributed by atoms with Crippen LogP contribution in [-0.2, 0) is 4.74 Å². The van der Waals surface area contributed by atoms with Crippen LogP contribution in [0.25, 0.3) is 0 Å². The summed E-state index contributed by atoms with van der Waals surface area (Å²) < 4.78 is 5.38. The van der Waals surface area contributed by atoms with E-state index in [1.54, 1.807) is 60.7 Å². The first kappa shape index (κ1) is 24.0. The average molecular weight is 496 g/mol. The van der Waals surface area contributed by atoms with E-state index >= 15 is 0 Å². The summed E-state index contributed by atoms with van der Waals surface area (Å²) in [5.41, 5.74) is 4.09. The molecule has 0 unspecified atom stereocenters. The van der Waals surface area contributed by atoms with Crippen molar-refractivity contribution in [3.8, 4) is 0 Å².